The number of nitrogens with zero attached hydrogens (tertiary/aromatic N) is 1. The zero-order valence-corrected chi connectivity index (χ0v) is 12.4. The molecule has 0 bridgehead atoms. The Morgan fingerprint density at radius 3 is 2.57 bits per heavy atom. The average Bonchev–Trinajstić information content (AvgIpc) is 3.14. The zero-order valence-electron chi connectivity index (χ0n) is 11.6. The number of sulfonamides is 1. The van der Waals surface area contributed by atoms with E-state index in [1.165, 1.54) is 17.7 Å². The van der Waals surface area contributed by atoms with Gasteiger partial charge in [0.15, 0.2) is 0 Å². The first-order valence-corrected chi connectivity index (χ1v) is 7.80. The molecular formula is C12H16N2O6S. The summed E-state index contributed by atoms with van der Waals surface area (Å²) in [6, 6.07) is 0.0584. The number of aromatic carboxylic acids is 1. The molecule has 116 valence electrons. The van der Waals surface area contributed by atoms with E-state index in [0.29, 0.717) is 0 Å². The van der Waals surface area contributed by atoms with Crippen LogP contribution in [0.25, 0.3) is 0 Å². The van der Waals surface area contributed by atoms with Crippen LogP contribution in [-0.2, 0) is 19.6 Å². The van der Waals surface area contributed by atoms with Crippen LogP contribution in [0, 0.1) is 0 Å². The lowest BCUT2D eigenvalue weighted by Gasteiger charge is -2.10. The molecule has 1 heterocycles. The van der Waals surface area contributed by atoms with Crippen molar-refractivity contribution in [2.45, 2.75) is 36.7 Å². The van der Waals surface area contributed by atoms with Crippen LogP contribution in [0.4, 0.5) is 0 Å². The molecule has 0 spiro atoms. The lowest BCUT2D eigenvalue weighted by molar-refractivity contribution is -0.142. The topological polar surface area (TPSA) is 115 Å². The first kappa shape index (κ1) is 15.5. The molecular weight excluding hydrogens is 300 g/mol. The van der Waals surface area contributed by atoms with Crippen molar-refractivity contribution in [3.63, 3.8) is 0 Å². The predicted molar refractivity (Wildman–Crippen MR) is 71.5 cm³/mol. The quantitative estimate of drug-likeness (QED) is 0.732. The fourth-order valence-electron chi connectivity index (χ4n) is 1.95. The van der Waals surface area contributed by atoms with E-state index in [1.54, 1.807) is 0 Å². The third kappa shape index (κ3) is 3.24. The molecule has 0 radical (unpaired) electrons. The Labute approximate surface area is 121 Å². The molecule has 1 fully saturated rings. The Hall–Kier alpha value is -1.87. The number of carboxylic acid groups (broad SMARTS) is 1. The van der Waals surface area contributed by atoms with Crippen molar-refractivity contribution in [2.24, 2.45) is 0 Å². The molecule has 2 rings (SSSR count). The van der Waals surface area contributed by atoms with Gasteiger partial charge >= 0.3 is 11.9 Å². The van der Waals surface area contributed by atoms with E-state index in [1.807, 2.05) is 0 Å². The minimum atomic E-state index is -3.99. The SMILES string of the molecule is COC(=O)C(C)NS(=O)(=O)c1cc(C(=O)O)n(C2CC2)c1. The van der Waals surface area contributed by atoms with Gasteiger partial charge in [-0.05, 0) is 25.8 Å². The predicted octanol–water partition coefficient (Wildman–Crippen LogP) is 0.361. The number of methoxy groups -OCH3 is 1. The molecule has 1 aromatic rings. The Morgan fingerprint density at radius 2 is 2.10 bits per heavy atom. The van der Waals surface area contributed by atoms with Crippen molar-refractivity contribution < 1.29 is 27.9 Å². The summed E-state index contributed by atoms with van der Waals surface area (Å²) in [4.78, 5) is 22.3. The maximum atomic E-state index is 12.2. The first-order valence-electron chi connectivity index (χ1n) is 6.31. The number of hydrogen-bond donors (Lipinski definition) is 2. The maximum absolute atomic E-state index is 12.2. The van der Waals surface area contributed by atoms with E-state index in [9.17, 15) is 18.0 Å². The molecule has 21 heavy (non-hydrogen) atoms. The van der Waals surface area contributed by atoms with Gasteiger partial charge in [0.1, 0.15) is 16.6 Å². The van der Waals surface area contributed by atoms with Gasteiger partial charge in [0.2, 0.25) is 10.0 Å². The Balaban J connectivity index is 2.30. The largest absolute Gasteiger partial charge is 0.477 e. The molecule has 0 saturated heterocycles. The second kappa shape index (κ2) is 5.49. The average molecular weight is 316 g/mol. The highest BCUT2D eigenvalue weighted by atomic mass is 32.2. The van der Waals surface area contributed by atoms with Crippen LogP contribution >= 0.6 is 0 Å². The van der Waals surface area contributed by atoms with Crippen LogP contribution in [0.3, 0.4) is 0 Å². The van der Waals surface area contributed by atoms with Gasteiger partial charge in [-0.25, -0.2) is 13.2 Å². The fourth-order valence-corrected chi connectivity index (χ4v) is 3.17. The van der Waals surface area contributed by atoms with Crippen molar-refractivity contribution in [3.05, 3.63) is 18.0 Å². The minimum absolute atomic E-state index is 0.0260. The highest BCUT2D eigenvalue weighted by Crippen LogP contribution is 2.37. The molecule has 1 unspecified atom stereocenters. The molecule has 1 saturated carbocycles. The number of carbonyl (C=O) groups is 2. The number of aromatic nitrogens is 1. The van der Waals surface area contributed by atoms with Crippen molar-refractivity contribution in [1.29, 1.82) is 0 Å². The number of ether oxygens (including phenoxy) is 1. The number of hydrogen-bond acceptors (Lipinski definition) is 5. The summed E-state index contributed by atoms with van der Waals surface area (Å²) >= 11 is 0. The lowest BCUT2D eigenvalue weighted by Crippen LogP contribution is -2.38. The number of esters is 1. The van der Waals surface area contributed by atoms with Crippen LogP contribution in [0.2, 0.25) is 0 Å². The molecule has 0 aromatic carbocycles. The fraction of sp³-hybridized carbons (Fsp3) is 0.500. The van der Waals surface area contributed by atoms with Gasteiger partial charge < -0.3 is 14.4 Å². The molecule has 1 aliphatic rings. The summed E-state index contributed by atoms with van der Waals surface area (Å²) in [5, 5.41) is 9.12. The highest BCUT2D eigenvalue weighted by molar-refractivity contribution is 7.89. The van der Waals surface area contributed by atoms with E-state index in [0.717, 1.165) is 26.0 Å². The first-order chi connectivity index (χ1) is 9.76. The summed E-state index contributed by atoms with van der Waals surface area (Å²) in [6.07, 6.45) is 2.92. The van der Waals surface area contributed by atoms with Crippen molar-refractivity contribution >= 4 is 22.0 Å². The van der Waals surface area contributed by atoms with Crippen molar-refractivity contribution in [3.8, 4) is 0 Å². The Kier molecular flexibility index (Phi) is 4.06. The summed E-state index contributed by atoms with van der Waals surface area (Å²) < 4.78 is 32.4. The highest BCUT2D eigenvalue weighted by Gasteiger charge is 2.31. The smallest absolute Gasteiger partial charge is 0.352 e. The van der Waals surface area contributed by atoms with E-state index >= 15 is 0 Å². The molecule has 8 nitrogen and oxygen atoms in total. The zero-order chi connectivity index (χ0) is 15.8. The number of carbonyl (C=O) groups excluding carboxylic acids is 1. The molecule has 1 atom stereocenters. The standard InChI is InChI=1S/C12H16N2O6S/c1-7(12(17)20-2)13-21(18,19)9-5-10(11(15)16)14(6-9)8-3-4-8/h5-8,13H,3-4H2,1-2H3,(H,15,16). The summed E-state index contributed by atoms with van der Waals surface area (Å²) in [7, 11) is -2.84. The lowest BCUT2D eigenvalue weighted by atomic mass is 10.4. The van der Waals surface area contributed by atoms with Gasteiger partial charge in [0.05, 0.1) is 7.11 Å². The number of nitrogens with one attached hydrogen (secondary N) is 1. The van der Waals surface area contributed by atoms with Gasteiger partial charge in [-0.15, -0.1) is 0 Å². The molecule has 2 N–H and O–H groups in total. The van der Waals surface area contributed by atoms with Gasteiger partial charge in [0.25, 0.3) is 0 Å². The van der Waals surface area contributed by atoms with E-state index < -0.39 is 28.0 Å². The van der Waals surface area contributed by atoms with Gasteiger partial charge in [-0.2, -0.15) is 4.72 Å². The van der Waals surface area contributed by atoms with Crippen molar-refractivity contribution in [1.82, 2.24) is 9.29 Å². The monoisotopic (exact) mass is 316 g/mol. The van der Waals surface area contributed by atoms with Gasteiger partial charge in [-0.3, -0.25) is 4.79 Å². The third-order valence-corrected chi connectivity index (χ3v) is 4.69. The summed E-state index contributed by atoms with van der Waals surface area (Å²) in [5.41, 5.74) is -0.0800. The summed E-state index contributed by atoms with van der Waals surface area (Å²) in [6.45, 7) is 1.35. The molecule has 0 aliphatic heterocycles. The number of rotatable bonds is 6. The van der Waals surface area contributed by atoms with Gasteiger partial charge in [0, 0.05) is 12.2 Å². The Bertz CT molecular complexity index is 674. The van der Waals surface area contributed by atoms with E-state index in [4.69, 9.17) is 5.11 Å². The van der Waals surface area contributed by atoms with Crippen LogP contribution in [-0.4, -0.2) is 43.2 Å². The van der Waals surface area contributed by atoms with Crippen LogP contribution in [0.15, 0.2) is 17.2 Å². The molecule has 1 aromatic heterocycles. The van der Waals surface area contributed by atoms with Gasteiger partial charge in [-0.1, -0.05) is 0 Å². The molecule has 1 aliphatic carbocycles. The van der Waals surface area contributed by atoms with Crippen LogP contribution in [0.1, 0.15) is 36.3 Å². The van der Waals surface area contributed by atoms with E-state index in [-0.39, 0.29) is 16.6 Å². The van der Waals surface area contributed by atoms with E-state index in [2.05, 4.69) is 9.46 Å². The van der Waals surface area contributed by atoms with Crippen LogP contribution in [0.5, 0.6) is 0 Å². The third-order valence-electron chi connectivity index (χ3n) is 3.18. The summed E-state index contributed by atoms with van der Waals surface area (Å²) in [5.74, 6) is -1.91. The second-order valence-corrected chi connectivity index (χ2v) is 6.58. The normalized spacial score (nSPS) is 16.5. The van der Waals surface area contributed by atoms with Crippen LogP contribution < -0.4 is 4.72 Å². The maximum Gasteiger partial charge on any atom is 0.352 e. The number of carboxylic acids is 1. The molecule has 0 amide bonds. The molecule has 9 heteroatoms. The Morgan fingerprint density at radius 1 is 1.48 bits per heavy atom. The second-order valence-electron chi connectivity index (χ2n) is 4.87. The van der Waals surface area contributed by atoms with Crippen molar-refractivity contribution in [2.75, 3.05) is 7.11 Å². The minimum Gasteiger partial charge on any atom is -0.477 e.